The van der Waals surface area contributed by atoms with Gasteiger partial charge in [0.05, 0.1) is 11.4 Å². The molecule has 0 aliphatic carbocycles. The van der Waals surface area contributed by atoms with Gasteiger partial charge in [-0.25, -0.2) is 29.9 Å². The molecule has 0 unspecified atom stereocenters. The standard InChI is InChI=1S/C51H33N5.C29H17Br2N3.C11H8N.ClH.Zn/c1-3-15-43-36(11-1)13-9-17-45(43)50-54-49(55-51(56-50)46-18-10-14-37-12-2-4-16-44(37)46)42-32-40(34-21-25-38(26-22-34)47-19-5-7-29-52-47)31-41(33-42)35-23-27-39(28-24-35)48-20-6-8-30-53-48;30-21-15-20(16-22(31)17-21)27-32-28(25-13-5-9-18-7-1-3-11-23(18)25)34-29(33-27)26-14-6-10-19-8-2-4-12-24(19)26;1-2-6-10(7-3-1)11-8-4-5-9-12-11;;/h1-33H;1-17H;2-9H;1H;/q;;-1;;+2/p-1. The summed E-state index contributed by atoms with van der Waals surface area (Å²) >= 11 is 8.05. The number of nitrogens with zero attached hydrogens (tertiary/aromatic N) is 9. The summed E-state index contributed by atoms with van der Waals surface area (Å²) in [4.78, 5) is 44.0. The van der Waals surface area contributed by atoms with Crippen molar-refractivity contribution in [1.29, 1.82) is 0 Å². The number of halogens is 3. The summed E-state index contributed by atoms with van der Waals surface area (Å²) in [5.74, 6) is 3.79. The number of hydrogen-bond donors (Lipinski definition) is 0. The predicted molar refractivity (Wildman–Crippen MR) is 429 cm³/mol. The maximum atomic E-state index is 5.27. The van der Waals surface area contributed by atoms with E-state index in [2.05, 4.69) is 265 Å². The molecule has 0 saturated heterocycles. The molecule has 0 N–H and O–H groups in total. The van der Waals surface area contributed by atoms with Crippen LogP contribution in [0.25, 0.3) is 167 Å². The second-order valence-electron chi connectivity index (χ2n) is 24.3. The van der Waals surface area contributed by atoms with E-state index in [-0.39, 0.29) is 0 Å². The fourth-order valence-electron chi connectivity index (χ4n) is 12.8. The minimum atomic E-state index is 0.601. The Morgan fingerprint density at radius 2 is 0.500 bits per heavy atom. The third-order valence-electron chi connectivity index (χ3n) is 17.7. The van der Waals surface area contributed by atoms with Gasteiger partial charge in [-0.15, -0.1) is 5.56 Å². The zero-order valence-corrected chi connectivity index (χ0v) is 62.7. The number of fused-ring (bicyclic) bond motifs is 4. The van der Waals surface area contributed by atoms with E-state index in [1.807, 2.05) is 134 Å². The van der Waals surface area contributed by atoms with E-state index in [0.717, 1.165) is 159 Å². The Morgan fingerprint density at radius 1 is 0.231 bits per heavy atom. The van der Waals surface area contributed by atoms with Crippen molar-refractivity contribution in [2.45, 2.75) is 0 Å². The average molecular weight is 1540 g/mol. The molecule has 5 aromatic heterocycles. The number of rotatable bonds is 11. The molecule has 0 radical (unpaired) electrons. The molecule has 490 valence electrons. The average Bonchev–Trinajstić information content (AvgIpc) is 0.774. The molecule has 13 heteroatoms. The van der Waals surface area contributed by atoms with Crippen molar-refractivity contribution in [3.05, 3.63) is 367 Å². The molecule has 0 amide bonds. The Morgan fingerprint density at radius 3 is 0.827 bits per heavy atom. The molecule has 9 nitrogen and oxygen atoms in total. The third kappa shape index (κ3) is 15.4. The first kappa shape index (κ1) is 68.0. The number of hydrogen-bond acceptors (Lipinski definition) is 9. The summed E-state index contributed by atoms with van der Waals surface area (Å²) in [5.41, 5.74) is 16.1. The first-order valence-corrected chi connectivity index (χ1v) is 39.1. The van der Waals surface area contributed by atoms with Gasteiger partial charge < -0.3 is 0 Å². The summed E-state index contributed by atoms with van der Waals surface area (Å²) in [5, 5.41) is 8.97. The summed E-state index contributed by atoms with van der Waals surface area (Å²) in [6.45, 7) is 0. The van der Waals surface area contributed by atoms with Gasteiger partial charge in [0.15, 0.2) is 34.9 Å². The summed E-state index contributed by atoms with van der Waals surface area (Å²) in [7, 11) is 4.76. The molecule has 0 bridgehead atoms. The van der Waals surface area contributed by atoms with Crippen molar-refractivity contribution >= 4 is 84.6 Å². The van der Waals surface area contributed by atoms with Crippen LogP contribution in [0.4, 0.5) is 0 Å². The van der Waals surface area contributed by atoms with Crippen molar-refractivity contribution in [2.75, 3.05) is 0 Å². The van der Waals surface area contributed by atoms with Crippen LogP contribution in [0.1, 0.15) is 0 Å². The molecule has 0 fully saturated rings. The number of benzene rings is 13. The molecular formula is C91H58Br2ClN9Zn. The fourth-order valence-corrected chi connectivity index (χ4v) is 14.1. The van der Waals surface area contributed by atoms with Crippen LogP contribution in [0, 0.1) is 6.07 Å². The van der Waals surface area contributed by atoms with Gasteiger partial charge in [-0.3, -0.25) is 15.0 Å². The van der Waals surface area contributed by atoms with Crippen LogP contribution < -0.4 is 0 Å². The fraction of sp³-hybridized carbons (Fsp3) is 0. The van der Waals surface area contributed by atoms with E-state index in [0.29, 0.717) is 34.9 Å². The normalized spacial score (nSPS) is 10.9. The second-order valence-corrected chi connectivity index (χ2v) is 26.1. The van der Waals surface area contributed by atoms with E-state index in [1.54, 1.807) is 6.20 Å². The zero-order valence-electron chi connectivity index (χ0n) is 55.9. The molecule has 18 aromatic rings. The van der Waals surface area contributed by atoms with Gasteiger partial charge in [-0.1, -0.05) is 268 Å². The van der Waals surface area contributed by atoms with E-state index < -0.39 is 0 Å². The zero-order chi connectivity index (χ0) is 70.6. The van der Waals surface area contributed by atoms with Gasteiger partial charge >= 0.3 is 27.0 Å². The summed E-state index contributed by atoms with van der Waals surface area (Å²) < 4.78 is 1.91. The maximum Gasteiger partial charge on any atom is 0.164 e. The van der Waals surface area contributed by atoms with Gasteiger partial charge in [-0.2, -0.15) is 30.3 Å². The smallest absolute Gasteiger partial charge is 0.164 e. The van der Waals surface area contributed by atoms with Gasteiger partial charge in [0, 0.05) is 77.7 Å². The molecule has 5 heterocycles. The summed E-state index contributed by atoms with van der Waals surface area (Å²) in [6.07, 6.45) is 5.45. The minimum absolute atomic E-state index is 0.601. The first-order valence-electron chi connectivity index (χ1n) is 33.6. The molecule has 0 saturated carbocycles. The van der Waals surface area contributed by atoms with Crippen molar-refractivity contribution in [1.82, 2.24) is 44.9 Å². The third-order valence-corrected chi connectivity index (χ3v) is 18.7. The molecule has 13 aromatic carbocycles. The van der Waals surface area contributed by atoms with Crippen molar-refractivity contribution < 1.29 is 17.3 Å². The van der Waals surface area contributed by atoms with Crippen LogP contribution >= 0.6 is 41.6 Å². The van der Waals surface area contributed by atoms with Crippen molar-refractivity contribution in [2.24, 2.45) is 0 Å². The van der Waals surface area contributed by atoms with E-state index >= 15 is 0 Å². The Labute approximate surface area is 633 Å². The van der Waals surface area contributed by atoms with Crippen LogP contribution in [0.15, 0.2) is 361 Å². The van der Waals surface area contributed by atoms with Crippen LogP contribution in [0.3, 0.4) is 0 Å². The number of aromatic nitrogens is 9. The number of pyridine rings is 3. The Bertz CT molecular complexity index is 5670. The van der Waals surface area contributed by atoms with Crippen LogP contribution in [0.2, 0.25) is 0 Å². The molecule has 0 aliphatic rings. The topological polar surface area (TPSA) is 116 Å². The SMILES string of the molecule is Brc1cc(Br)cc(-c2nc(-c3cccc4ccccc34)nc(-c3cccc4ccccc34)n2)c1.[Cl][Zn+].[c-]1ccc(-c2ccccn2)cc1.c1ccc(-c2ccc(-c3cc(-c4ccc(-c5ccccn5)cc4)cc(-c4nc(-c5cccc6ccccc56)nc(-c5cccc6ccccc56)n4)c3)cc2)nc1. The monoisotopic (exact) mass is 1530 g/mol. The van der Waals surface area contributed by atoms with Gasteiger partial charge in [0.25, 0.3) is 0 Å². The quantitative estimate of drug-likeness (QED) is 0.0922. The van der Waals surface area contributed by atoms with E-state index in [4.69, 9.17) is 39.6 Å². The van der Waals surface area contributed by atoms with E-state index in [1.165, 1.54) is 0 Å². The van der Waals surface area contributed by atoms with Gasteiger partial charge in [-0.05, 0) is 138 Å². The Kier molecular flexibility index (Phi) is 21.0. The molecule has 0 aliphatic heterocycles. The molecule has 104 heavy (non-hydrogen) atoms. The van der Waals surface area contributed by atoms with Gasteiger partial charge in [0.1, 0.15) is 0 Å². The van der Waals surface area contributed by atoms with Crippen molar-refractivity contribution in [3.63, 3.8) is 0 Å². The van der Waals surface area contributed by atoms with Crippen molar-refractivity contribution in [3.8, 4) is 124 Å². The molecular weight excluding hydrogens is 1480 g/mol. The predicted octanol–water partition coefficient (Wildman–Crippen LogP) is 24.6. The molecule has 0 atom stereocenters. The van der Waals surface area contributed by atoms with E-state index in [9.17, 15) is 0 Å². The van der Waals surface area contributed by atoms with Crippen LogP contribution in [0.5, 0.6) is 0 Å². The largest absolute Gasteiger partial charge is 0.258 e. The van der Waals surface area contributed by atoms with Gasteiger partial charge in [0.2, 0.25) is 0 Å². The first-order chi connectivity index (χ1) is 51.3. The van der Waals surface area contributed by atoms with Crippen LogP contribution in [-0.4, -0.2) is 44.9 Å². The van der Waals surface area contributed by atoms with Crippen LogP contribution in [-0.2, 0) is 17.3 Å². The summed E-state index contributed by atoms with van der Waals surface area (Å²) in [6, 6.07) is 117. The molecule has 18 rings (SSSR count). The second kappa shape index (κ2) is 32.1. The Hall–Kier alpha value is -11.8. The maximum absolute atomic E-state index is 5.27. The molecule has 0 spiro atoms. The minimum Gasteiger partial charge on any atom is -0.258 e. The Balaban J connectivity index is 0.000000152.